The van der Waals surface area contributed by atoms with Gasteiger partial charge in [-0.2, -0.15) is 0 Å². The summed E-state index contributed by atoms with van der Waals surface area (Å²) >= 11 is 0. The van der Waals surface area contributed by atoms with Gasteiger partial charge in [0, 0.05) is 28.6 Å². The van der Waals surface area contributed by atoms with Crippen molar-refractivity contribution in [2.24, 2.45) is 0 Å². The largest absolute Gasteiger partial charge is 0.346 e. The van der Waals surface area contributed by atoms with Crippen molar-refractivity contribution in [2.75, 3.05) is 13.3 Å². The molecule has 0 spiro atoms. The van der Waals surface area contributed by atoms with E-state index in [9.17, 15) is 8.96 Å². The van der Waals surface area contributed by atoms with Gasteiger partial charge in [0.2, 0.25) is 0 Å². The number of nitrogens with zero attached hydrogens (tertiary/aromatic N) is 1. The number of rotatable bonds is 4. The number of aryl methyl sites for hydroxylation is 1. The molecule has 0 atom stereocenters. The number of alkyl halides is 1. The van der Waals surface area contributed by atoms with Crippen LogP contribution in [0.3, 0.4) is 0 Å². The van der Waals surface area contributed by atoms with Crippen LogP contribution in [0.5, 0.6) is 0 Å². The Kier molecular flexibility index (Phi) is 4.11. The van der Waals surface area contributed by atoms with Crippen LogP contribution in [0.15, 0.2) is 36.7 Å². The predicted molar refractivity (Wildman–Crippen MR) is 94.8 cm³/mol. The number of aromatic nitrogens is 2. The van der Waals surface area contributed by atoms with Gasteiger partial charge in [-0.15, -0.1) is 0 Å². The van der Waals surface area contributed by atoms with Gasteiger partial charge < -0.3 is 9.55 Å². The van der Waals surface area contributed by atoms with Crippen LogP contribution in [-0.4, -0.2) is 23.3 Å². The quantitative estimate of drug-likeness (QED) is 0.715. The molecule has 3 rings (SSSR count). The summed E-state index contributed by atoms with van der Waals surface area (Å²) in [5.41, 5.74) is 4.45. The maximum atomic E-state index is 13.2. The van der Waals surface area contributed by atoms with Crippen molar-refractivity contribution in [2.45, 2.75) is 20.0 Å². The molecule has 2 aromatic heterocycles. The molecule has 0 aliphatic rings. The van der Waals surface area contributed by atoms with Crippen molar-refractivity contribution < 1.29 is 8.96 Å². The van der Waals surface area contributed by atoms with E-state index >= 15 is 0 Å². The lowest BCUT2D eigenvalue weighted by Crippen LogP contribution is -2.09. The normalized spacial score (nSPS) is 12.0. The molecule has 120 valence electrons. The highest BCUT2D eigenvalue weighted by Gasteiger charge is 2.17. The minimum atomic E-state index is -2.54. The fourth-order valence-corrected chi connectivity index (χ4v) is 4.14. The molecular formula is C18H20FN2OP. The number of fused-ring (bicyclic) bond motifs is 1. The molecule has 0 amide bonds. The fraction of sp³-hybridized carbons (Fsp3) is 0.278. The van der Waals surface area contributed by atoms with Crippen LogP contribution in [0, 0.1) is 0 Å². The Bertz CT molecular complexity index is 911. The van der Waals surface area contributed by atoms with Gasteiger partial charge in [-0.1, -0.05) is 19.1 Å². The monoisotopic (exact) mass is 330 g/mol. The average Bonchev–Trinajstić information content (AvgIpc) is 2.95. The van der Waals surface area contributed by atoms with Crippen LogP contribution in [0.4, 0.5) is 4.39 Å². The van der Waals surface area contributed by atoms with E-state index in [1.165, 1.54) is 5.56 Å². The zero-order chi connectivity index (χ0) is 16.6. The summed E-state index contributed by atoms with van der Waals surface area (Å²) < 4.78 is 25.6. The minimum Gasteiger partial charge on any atom is -0.346 e. The van der Waals surface area contributed by atoms with Crippen LogP contribution in [0.2, 0.25) is 0 Å². The summed E-state index contributed by atoms with van der Waals surface area (Å²) in [5, 5.41) is 1.71. The Labute approximate surface area is 135 Å². The smallest absolute Gasteiger partial charge is 0.137 e. The van der Waals surface area contributed by atoms with Crippen molar-refractivity contribution in [1.82, 2.24) is 9.97 Å². The second-order valence-electron chi connectivity index (χ2n) is 6.12. The first kappa shape index (κ1) is 15.9. The topological polar surface area (TPSA) is 45.8 Å². The van der Waals surface area contributed by atoms with Gasteiger partial charge in [-0.25, -0.2) is 9.37 Å². The van der Waals surface area contributed by atoms with Crippen molar-refractivity contribution in [3.05, 3.63) is 47.8 Å². The standard InChI is InChI=1S/C18H20FN2OP/c1-4-12-10-20-18-16(12)7-15(11-21-18)13-5-6-14(9-19)17(8-13)23(2,3)22/h5-8,10-11H,4,9H2,1-3H3,(H,20,21). The van der Waals surface area contributed by atoms with E-state index in [4.69, 9.17) is 0 Å². The highest BCUT2D eigenvalue weighted by Crippen LogP contribution is 2.38. The highest BCUT2D eigenvalue weighted by molar-refractivity contribution is 7.70. The van der Waals surface area contributed by atoms with E-state index in [-0.39, 0.29) is 0 Å². The number of halogens is 1. The summed E-state index contributed by atoms with van der Waals surface area (Å²) in [6.45, 7) is 4.85. The Balaban J connectivity index is 2.16. The molecule has 2 heterocycles. The third-order valence-corrected chi connectivity index (χ3v) is 5.72. The molecule has 0 aliphatic heterocycles. The Morgan fingerprint density at radius 1 is 1.17 bits per heavy atom. The lowest BCUT2D eigenvalue weighted by atomic mass is 10.0. The van der Waals surface area contributed by atoms with Crippen LogP contribution in [-0.2, 0) is 17.7 Å². The molecule has 0 bridgehead atoms. The maximum Gasteiger partial charge on any atom is 0.137 e. The third-order valence-electron chi connectivity index (χ3n) is 4.14. The van der Waals surface area contributed by atoms with Gasteiger partial charge in [-0.05, 0) is 48.6 Å². The first-order valence-corrected chi connectivity index (χ1v) is 10.2. The zero-order valence-electron chi connectivity index (χ0n) is 13.6. The predicted octanol–water partition coefficient (Wildman–Crippen LogP) is 4.51. The van der Waals surface area contributed by atoms with Crippen molar-refractivity contribution in [3.63, 3.8) is 0 Å². The first-order valence-electron chi connectivity index (χ1n) is 7.65. The lowest BCUT2D eigenvalue weighted by molar-refractivity contribution is 0.486. The third kappa shape index (κ3) is 2.96. The van der Waals surface area contributed by atoms with E-state index < -0.39 is 13.8 Å². The van der Waals surface area contributed by atoms with Crippen LogP contribution in [0.25, 0.3) is 22.2 Å². The van der Waals surface area contributed by atoms with Gasteiger partial charge in [0.05, 0.1) is 0 Å². The number of aromatic amines is 1. The molecule has 0 radical (unpaired) electrons. The van der Waals surface area contributed by atoms with Crippen molar-refractivity contribution in [3.8, 4) is 11.1 Å². The molecule has 3 nitrogen and oxygen atoms in total. The second-order valence-corrected chi connectivity index (χ2v) is 9.30. The summed E-state index contributed by atoms with van der Waals surface area (Å²) in [6, 6.07) is 7.53. The van der Waals surface area contributed by atoms with Crippen LogP contribution < -0.4 is 5.30 Å². The number of hydrogen-bond donors (Lipinski definition) is 1. The second kappa shape index (κ2) is 5.93. The summed E-state index contributed by atoms with van der Waals surface area (Å²) in [6.07, 6.45) is 4.70. The Morgan fingerprint density at radius 2 is 1.96 bits per heavy atom. The van der Waals surface area contributed by atoms with Gasteiger partial charge in [0.15, 0.2) is 0 Å². The highest BCUT2D eigenvalue weighted by atomic mass is 31.2. The molecule has 0 aliphatic carbocycles. The Morgan fingerprint density at radius 3 is 2.61 bits per heavy atom. The maximum absolute atomic E-state index is 13.2. The number of nitrogens with one attached hydrogen (secondary N) is 1. The lowest BCUT2D eigenvalue weighted by Gasteiger charge is -2.13. The molecule has 3 aromatic rings. The van der Waals surface area contributed by atoms with Crippen molar-refractivity contribution in [1.29, 1.82) is 0 Å². The molecule has 1 N–H and O–H groups in total. The van der Waals surface area contributed by atoms with E-state index in [2.05, 4.69) is 23.0 Å². The zero-order valence-corrected chi connectivity index (χ0v) is 14.5. The van der Waals surface area contributed by atoms with E-state index in [1.807, 2.05) is 18.3 Å². The molecule has 0 unspecified atom stereocenters. The number of hydrogen-bond acceptors (Lipinski definition) is 2. The summed E-state index contributed by atoms with van der Waals surface area (Å²) in [4.78, 5) is 7.63. The summed E-state index contributed by atoms with van der Waals surface area (Å²) in [7, 11) is -2.54. The SMILES string of the molecule is CCc1c[nH]c2ncc(-c3ccc(CF)c(P(C)(C)=O)c3)cc12. The van der Waals surface area contributed by atoms with Crippen molar-refractivity contribution >= 4 is 23.5 Å². The first-order chi connectivity index (χ1) is 10.9. The molecule has 0 saturated heterocycles. The molecule has 0 fully saturated rings. The van der Waals surface area contributed by atoms with E-state index in [0.29, 0.717) is 10.9 Å². The average molecular weight is 330 g/mol. The number of pyridine rings is 1. The molecular weight excluding hydrogens is 310 g/mol. The molecule has 5 heteroatoms. The van der Waals surface area contributed by atoms with Crippen LogP contribution in [0.1, 0.15) is 18.1 Å². The van der Waals surface area contributed by atoms with E-state index in [0.717, 1.165) is 28.6 Å². The van der Waals surface area contributed by atoms with Crippen LogP contribution >= 0.6 is 7.14 Å². The molecule has 23 heavy (non-hydrogen) atoms. The van der Waals surface area contributed by atoms with Gasteiger partial charge in [0.25, 0.3) is 0 Å². The minimum absolute atomic E-state index is 0.506. The Hall–Kier alpha value is -1.93. The van der Waals surface area contributed by atoms with Gasteiger partial charge in [0.1, 0.15) is 19.5 Å². The summed E-state index contributed by atoms with van der Waals surface area (Å²) in [5.74, 6) is 0. The van der Waals surface area contributed by atoms with Gasteiger partial charge >= 0.3 is 0 Å². The van der Waals surface area contributed by atoms with Gasteiger partial charge in [-0.3, -0.25) is 0 Å². The number of H-pyrrole nitrogens is 1. The fourth-order valence-electron chi connectivity index (χ4n) is 2.87. The number of benzene rings is 1. The molecule has 0 saturated carbocycles. The molecule has 1 aromatic carbocycles. The van der Waals surface area contributed by atoms with E-state index in [1.54, 1.807) is 25.6 Å².